The number of halogens is 3. The summed E-state index contributed by atoms with van der Waals surface area (Å²) >= 11 is 0. The van der Waals surface area contributed by atoms with Crippen LogP contribution in [0.4, 0.5) is 24.9 Å². The molecule has 2 aliphatic carbocycles. The number of benzene rings is 1. The summed E-state index contributed by atoms with van der Waals surface area (Å²) in [6, 6.07) is 7.26. The van der Waals surface area contributed by atoms with E-state index in [0.717, 1.165) is 56.1 Å². The highest BCUT2D eigenvalue weighted by Gasteiger charge is 2.34. The number of anilines is 2. The average Bonchev–Trinajstić information content (AvgIpc) is 3.53. The van der Waals surface area contributed by atoms with E-state index in [1.54, 1.807) is 6.07 Å². The van der Waals surface area contributed by atoms with Gasteiger partial charge in [-0.05, 0) is 31.7 Å². The molecule has 2 aromatic heterocycles. The molecule has 0 atom stereocenters. The largest absolute Gasteiger partial charge is 0.417 e. The fourth-order valence-corrected chi connectivity index (χ4v) is 4.17. The first-order valence-electron chi connectivity index (χ1n) is 10.7. The van der Waals surface area contributed by atoms with Crippen LogP contribution in [-0.4, -0.2) is 25.1 Å². The van der Waals surface area contributed by atoms with Crippen LogP contribution < -0.4 is 5.32 Å². The molecule has 2 saturated carbocycles. The molecule has 2 aliphatic rings. The van der Waals surface area contributed by atoms with E-state index < -0.39 is 11.7 Å². The third-order valence-corrected chi connectivity index (χ3v) is 5.95. The summed E-state index contributed by atoms with van der Waals surface area (Å²) in [6.07, 6.45) is 3.01. The maximum atomic E-state index is 13.6. The van der Waals surface area contributed by atoms with Crippen LogP contribution in [0.15, 0.2) is 30.3 Å². The Labute approximate surface area is 177 Å². The van der Waals surface area contributed by atoms with E-state index in [1.807, 2.05) is 6.07 Å². The van der Waals surface area contributed by atoms with Gasteiger partial charge in [-0.15, -0.1) is 5.10 Å². The predicted molar refractivity (Wildman–Crippen MR) is 110 cm³/mol. The molecule has 0 bridgehead atoms. The second-order valence-corrected chi connectivity index (χ2v) is 8.32. The molecule has 6 nitrogen and oxygen atoms in total. The highest BCUT2D eigenvalue weighted by Crippen LogP contribution is 2.39. The van der Waals surface area contributed by atoms with Gasteiger partial charge < -0.3 is 5.32 Å². The third-order valence-electron chi connectivity index (χ3n) is 5.95. The van der Waals surface area contributed by atoms with Gasteiger partial charge in [-0.3, -0.25) is 5.10 Å². The molecule has 1 aromatic carbocycles. The van der Waals surface area contributed by atoms with Gasteiger partial charge in [0.1, 0.15) is 11.6 Å². The molecular formula is C22H23F3N6. The summed E-state index contributed by atoms with van der Waals surface area (Å²) in [5.74, 6) is 2.29. The first-order chi connectivity index (χ1) is 15.0. The molecule has 0 radical (unpaired) electrons. The van der Waals surface area contributed by atoms with Crippen molar-refractivity contribution in [3.8, 4) is 11.4 Å². The second-order valence-electron chi connectivity index (χ2n) is 8.32. The van der Waals surface area contributed by atoms with Gasteiger partial charge in [-0.2, -0.15) is 18.2 Å². The predicted octanol–water partition coefficient (Wildman–Crippen LogP) is 5.95. The Morgan fingerprint density at radius 2 is 1.68 bits per heavy atom. The summed E-state index contributed by atoms with van der Waals surface area (Å²) in [6.45, 7) is 0. The molecule has 2 heterocycles. The molecule has 31 heavy (non-hydrogen) atoms. The fourth-order valence-electron chi connectivity index (χ4n) is 4.17. The molecule has 0 amide bonds. The minimum Gasteiger partial charge on any atom is -0.307 e. The zero-order valence-electron chi connectivity index (χ0n) is 16.9. The number of H-pyrrole nitrogens is 1. The smallest absolute Gasteiger partial charge is 0.307 e. The Morgan fingerprint density at radius 1 is 0.903 bits per heavy atom. The van der Waals surface area contributed by atoms with E-state index in [4.69, 9.17) is 0 Å². The Kier molecular flexibility index (Phi) is 5.11. The van der Waals surface area contributed by atoms with Crippen LogP contribution in [0.1, 0.15) is 73.9 Å². The van der Waals surface area contributed by atoms with Crippen LogP contribution in [-0.2, 0) is 6.18 Å². The first kappa shape index (κ1) is 20.0. The normalized spacial score (nSPS) is 17.6. The number of alkyl halides is 3. The van der Waals surface area contributed by atoms with Gasteiger partial charge >= 0.3 is 6.18 Å². The summed E-state index contributed by atoms with van der Waals surface area (Å²) in [5.41, 5.74) is 0.00199. The molecule has 0 unspecified atom stereocenters. The summed E-state index contributed by atoms with van der Waals surface area (Å²) in [5, 5.41) is 10.2. The molecule has 2 fully saturated rings. The van der Waals surface area contributed by atoms with Gasteiger partial charge in [0.15, 0.2) is 5.82 Å². The van der Waals surface area contributed by atoms with Gasteiger partial charge in [0.25, 0.3) is 0 Å². The van der Waals surface area contributed by atoms with Gasteiger partial charge in [0, 0.05) is 29.2 Å². The lowest BCUT2D eigenvalue weighted by Crippen LogP contribution is -2.12. The highest BCUT2D eigenvalue weighted by atomic mass is 19.4. The zero-order chi connectivity index (χ0) is 21.4. The number of nitrogens with one attached hydrogen (secondary N) is 2. The molecule has 9 heteroatoms. The molecule has 0 spiro atoms. The van der Waals surface area contributed by atoms with Crippen LogP contribution in [0.3, 0.4) is 0 Å². The minimum absolute atomic E-state index is 0.0237. The SMILES string of the molecule is FC(F)(F)c1ccccc1-c1nc(Nc2n[nH]c(C3CC3)n2)cc(C2CCCCC2)n1. The molecular weight excluding hydrogens is 405 g/mol. The summed E-state index contributed by atoms with van der Waals surface area (Å²) in [7, 11) is 0. The first-order valence-corrected chi connectivity index (χ1v) is 10.7. The molecule has 0 aliphatic heterocycles. The molecule has 2 N–H and O–H groups in total. The second kappa shape index (κ2) is 7.94. The topological polar surface area (TPSA) is 79.4 Å². The molecule has 162 valence electrons. The van der Waals surface area contributed by atoms with Crippen molar-refractivity contribution >= 4 is 11.8 Å². The minimum atomic E-state index is -4.49. The molecule has 5 rings (SSSR count). The van der Waals surface area contributed by atoms with Gasteiger partial charge in [0.2, 0.25) is 5.95 Å². The van der Waals surface area contributed by atoms with Crippen molar-refractivity contribution in [2.75, 3.05) is 5.32 Å². The zero-order valence-corrected chi connectivity index (χ0v) is 16.9. The van der Waals surface area contributed by atoms with Crippen molar-refractivity contribution in [3.05, 3.63) is 47.4 Å². The van der Waals surface area contributed by atoms with Gasteiger partial charge in [0.05, 0.1) is 5.56 Å². The average molecular weight is 428 g/mol. The standard InChI is InChI=1S/C22H23F3N6/c23-22(24,25)16-9-5-4-8-15(16)20-26-17(13-6-2-1-3-7-13)12-18(27-20)28-21-29-19(30-31-21)14-10-11-14/h4-5,8-9,12-14H,1-3,6-7,10-11H2,(H2,26,27,28,29,30,31). The van der Waals surface area contributed by atoms with Crippen LogP contribution in [0.25, 0.3) is 11.4 Å². The van der Waals surface area contributed by atoms with Gasteiger partial charge in [-0.25, -0.2) is 9.97 Å². The van der Waals surface area contributed by atoms with Crippen molar-refractivity contribution in [1.82, 2.24) is 25.1 Å². The van der Waals surface area contributed by atoms with E-state index in [2.05, 4.69) is 30.5 Å². The maximum absolute atomic E-state index is 13.6. The number of aromatic amines is 1. The Hall–Kier alpha value is -2.97. The van der Waals surface area contributed by atoms with Crippen LogP contribution in [0.2, 0.25) is 0 Å². The van der Waals surface area contributed by atoms with Crippen LogP contribution >= 0.6 is 0 Å². The van der Waals surface area contributed by atoms with Crippen molar-refractivity contribution < 1.29 is 13.2 Å². The van der Waals surface area contributed by atoms with E-state index in [9.17, 15) is 13.2 Å². The fraction of sp³-hybridized carbons (Fsp3) is 0.455. The van der Waals surface area contributed by atoms with Crippen molar-refractivity contribution in [2.45, 2.75) is 63.0 Å². The Morgan fingerprint density at radius 3 is 2.42 bits per heavy atom. The Balaban J connectivity index is 1.54. The van der Waals surface area contributed by atoms with Crippen LogP contribution in [0.5, 0.6) is 0 Å². The Bertz CT molecular complexity index is 1070. The van der Waals surface area contributed by atoms with E-state index in [1.165, 1.54) is 18.6 Å². The number of hydrogen-bond donors (Lipinski definition) is 2. The molecule has 0 saturated heterocycles. The van der Waals surface area contributed by atoms with Crippen molar-refractivity contribution in [2.24, 2.45) is 0 Å². The lowest BCUT2D eigenvalue weighted by atomic mass is 9.86. The highest BCUT2D eigenvalue weighted by molar-refractivity contribution is 5.64. The maximum Gasteiger partial charge on any atom is 0.417 e. The summed E-state index contributed by atoms with van der Waals surface area (Å²) < 4.78 is 40.9. The number of nitrogens with zero attached hydrogens (tertiary/aromatic N) is 4. The number of rotatable bonds is 5. The number of aromatic nitrogens is 5. The lowest BCUT2D eigenvalue weighted by Gasteiger charge is -2.22. The monoisotopic (exact) mass is 428 g/mol. The lowest BCUT2D eigenvalue weighted by molar-refractivity contribution is -0.137. The van der Waals surface area contributed by atoms with Crippen molar-refractivity contribution in [3.63, 3.8) is 0 Å². The van der Waals surface area contributed by atoms with E-state index in [-0.39, 0.29) is 17.3 Å². The van der Waals surface area contributed by atoms with Crippen molar-refractivity contribution in [1.29, 1.82) is 0 Å². The van der Waals surface area contributed by atoms with E-state index in [0.29, 0.717) is 17.7 Å². The summed E-state index contributed by atoms with van der Waals surface area (Å²) in [4.78, 5) is 13.5. The quantitative estimate of drug-likeness (QED) is 0.525. The third kappa shape index (κ3) is 4.40. The van der Waals surface area contributed by atoms with Gasteiger partial charge in [-0.1, -0.05) is 37.5 Å². The van der Waals surface area contributed by atoms with Crippen LogP contribution in [0, 0.1) is 0 Å². The number of hydrogen-bond acceptors (Lipinski definition) is 5. The molecule has 3 aromatic rings. The van der Waals surface area contributed by atoms with E-state index >= 15 is 0 Å².